The standard InChI is InChI=1S/C14H14FNS/c1-10-6-7-14(13(16)8-10)17-9-11-4-2-3-5-12(11)15/h2-8H,9,16H2,1H3. The highest BCUT2D eigenvalue weighted by Gasteiger charge is 2.04. The molecule has 2 aromatic carbocycles. The fourth-order valence-corrected chi connectivity index (χ4v) is 2.51. The second-order valence-electron chi connectivity index (χ2n) is 3.92. The van der Waals surface area contributed by atoms with Crippen LogP contribution in [0.2, 0.25) is 0 Å². The molecule has 0 fully saturated rings. The molecule has 0 radical (unpaired) electrons. The molecule has 17 heavy (non-hydrogen) atoms. The number of nitrogen functional groups attached to an aromatic ring is 1. The highest BCUT2D eigenvalue weighted by atomic mass is 32.2. The first-order valence-corrected chi connectivity index (χ1v) is 6.37. The molecule has 0 saturated carbocycles. The van der Waals surface area contributed by atoms with Crippen molar-refractivity contribution in [1.29, 1.82) is 0 Å². The van der Waals surface area contributed by atoms with Crippen LogP contribution in [0.25, 0.3) is 0 Å². The van der Waals surface area contributed by atoms with Crippen LogP contribution in [0.5, 0.6) is 0 Å². The van der Waals surface area contributed by atoms with E-state index in [0.717, 1.165) is 16.1 Å². The van der Waals surface area contributed by atoms with Gasteiger partial charge in [-0.05, 0) is 36.2 Å². The molecule has 3 heteroatoms. The van der Waals surface area contributed by atoms with E-state index in [9.17, 15) is 4.39 Å². The van der Waals surface area contributed by atoms with Crippen molar-refractivity contribution < 1.29 is 4.39 Å². The van der Waals surface area contributed by atoms with Gasteiger partial charge in [-0.3, -0.25) is 0 Å². The lowest BCUT2D eigenvalue weighted by atomic mass is 10.2. The number of hydrogen-bond acceptors (Lipinski definition) is 2. The molecule has 0 atom stereocenters. The number of hydrogen-bond donors (Lipinski definition) is 1. The largest absolute Gasteiger partial charge is 0.398 e. The second-order valence-corrected chi connectivity index (χ2v) is 4.94. The van der Waals surface area contributed by atoms with Gasteiger partial charge in [-0.1, -0.05) is 24.3 Å². The molecule has 2 rings (SSSR count). The van der Waals surface area contributed by atoms with Crippen molar-refractivity contribution >= 4 is 17.4 Å². The monoisotopic (exact) mass is 247 g/mol. The molecule has 0 heterocycles. The molecule has 0 unspecified atom stereocenters. The maximum atomic E-state index is 13.4. The van der Waals surface area contributed by atoms with Crippen molar-refractivity contribution in [3.05, 3.63) is 59.4 Å². The predicted molar refractivity (Wildman–Crippen MR) is 71.6 cm³/mol. The molecule has 2 aromatic rings. The van der Waals surface area contributed by atoms with Gasteiger partial charge in [0.2, 0.25) is 0 Å². The molecule has 0 aliphatic heterocycles. The van der Waals surface area contributed by atoms with Crippen LogP contribution in [0.15, 0.2) is 47.4 Å². The summed E-state index contributed by atoms with van der Waals surface area (Å²) >= 11 is 1.56. The number of aryl methyl sites for hydroxylation is 1. The molecule has 0 saturated heterocycles. The first kappa shape index (κ1) is 12.0. The van der Waals surface area contributed by atoms with E-state index >= 15 is 0 Å². The highest BCUT2D eigenvalue weighted by molar-refractivity contribution is 7.98. The van der Waals surface area contributed by atoms with Crippen molar-refractivity contribution in [2.24, 2.45) is 0 Å². The Bertz CT molecular complexity index is 525. The molecular formula is C14H14FNS. The second kappa shape index (κ2) is 5.23. The van der Waals surface area contributed by atoms with Crippen LogP contribution in [0.4, 0.5) is 10.1 Å². The maximum absolute atomic E-state index is 13.4. The van der Waals surface area contributed by atoms with Crippen LogP contribution in [-0.4, -0.2) is 0 Å². The van der Waals surface area contributed by atoms with E-state index in [0.29, 0.717) is 11.3 Å². The normalized spacial score (nSPS) is 10.5. The van der Waals surface area contributed by atoms with Crippen LogP contribution >= 0.6 is 11.8 Å². The minimum Gasteiger partial charge on any atom is -0.398 e. The lowest BCUT2D eigenvalue weighted by Gasteiger charge is -2.07. The van der Waals surface area contributed by atoms with Crippen LogP contribution in [0.1, 0.15) is 11.1 Å². The first-order valence-electron chi connectivity index (χ1n) is 5.39. The third-order valence-electron chi connectivity index (χ3n) is 2.51. The zero-order valence-electron chi connectivity index (χ0n) is 9.61. The molecule has 0 aliphatic rings. The first-order chi connectivity index (χ1) is 8.16. The van der Waals surface area contributed by atoms with Crippen LogP contribution in [-0.2, 0) is 5.75 Å². The zero-order chi connectivity index (χ0) is 12.3. The van der Waals surface area contributed by atoms with Crippen LogP contribution in [0, 0.1) is 12.7 Å². The lowest BCUT2D eigenvalue weighted by Crippen LogP contribution is -1.91. The molecule has 0 bridgehead atoms. The number of rotatable bonds is 3. The summed E-state index contributed by atoms with van der Waals surface area (Å²) in [6.45, 7) is 2.00. The number of benzene rings is 2. The Balaban J connectivity index is 2.10. The average Bonchev–Trinajstić information content (AvgIpc) is 2.30. The Morgan fingerprint density at radius 2 is 1.94 bits per heavy atom. The van der Waals surface area contributed by atoms with Gasteiger partial charge in [0.15, 0.2) is 0 Å². The molecule has 0 amide bonds. The Kier molecular flexibility index (Phi) is 3.69. The molecule has 0 aromatic heterocycles. The van der Waals surface area contributed by atoms with Gasteiger partial charge in [0.1, 0.15) is 5.82 Å². The molecule has 0 spiro atoms. The predicted octanol–water partition coefficient (Wildman–Crippen LogP) is 4.01. The Hall–Kier alpha value is -1.48. The fraction of sp³-hybridized carbons (Fsp3) is 0.143. The van der Waals surface area contributed by atoms with Gasteiger partial charge in [0.25, 0.3) is 0 Å². The van der Waals surface area contributed by atoms with Gasteiger partial charge in [-0.15, -0.1) is 11.8 Å². The minimum atomic E-state index is -0.161. The van der Waals surface area contributed by atoms with E-state index < -0.39 is 0 Å². The van der Waals surface area contributed by atoms with Gasteiger partial charge in [0, 0.05) is 16.3 Å². The fourth-order valence-electron chi connectivity index (χ4n) is 1.57. The smallest absolute Gasteiger partial charge is 0.127 e. The van der Waals surface area contributed by atoms with E-state index in [4.69, 9.17) is 5.73 Å². The van der Waals surface area contributed by atoms with Gasteiger partial charge >= 0.3 is 0 Å². The SMILES string of the molecule is Cc1ccc(SCc2ccccc2F)c(N)c1. The highest BCUT2D eigenvalue weighted by Crippen LogP contribution is 2.29. The summed E-state index contributed by atoms with van der Waals surface area (Å²) in [5.41, 5.74) is 8.51. The third-order valence-corrected chi connectivity index (χ3v) is 3.64. The number of anilines is 1. The molecule has 0 aliphatic carbocycles. The summed E-state index contributed by atoms with van der Waals surface area (Å²) < 4.78 is 13.4. The van der Waals surface area contributed by atoms with E-state index in [2.05, 4.69) is 0 Å². The van der Waals surface area contributed by atoms with E-state index in [1.165, 1.54) is 6.07 Å². The third kappa shape index (κ3) is 3.01. The number of thioether (sulfide) groups is 1. The van der Waals surface area contributed by atoms with Crippen molar-refractivity contribution in [2.75, 3.05) is 5.73 Å². The molecule has 88 valence electrons. The molecule has 2 N–H and O–H groups in total. The van der Waals surface area contributed by atoms with Crippen molar-refractivity contribution in [2.45, 2.75) is 17.6 Å². The van der Waals surface area contributed by atoms with E-state index in [-0.39, 0.29) is 5.82 Å². The summed E-state index contributed by atoms with van der Waals surface area (Å²) in [5.74, 6) is 0.436. The van der Waals surface area contributed by atoms with Crippen LogP contribution < -0.4 is 5.73 Å². The quantitative estimate of drug-likeness (QED) is 0.655. The number of nitrogens with two attached hydrogens (primary N) is 1. The lowest BCUT2D eigenvalue weighted by molar-refractivity contribution is 0.617. The van der Waals surface area contributed by atoms with Crippen molar-refractivity contribution in [1.82, 2.24) is 0 Å². The Morgan fingerprint density at radius 3 is 2.65 bits per heavy atom. The van der Waals surface area contributed by atoms with E-state index in [1.807, 2.05) is 31.2 Å². The molecule has 1 nitrogen and oxygen atoms in total. The minimum absolute atomic E-state index is 0.161. The van der Waals surface area contributed by atoms with Crippen molar-refractivity contribution in [3.63, 3.8) is 0 Å². The maximum Gasteiger partial charge on any atom is 0.127 e. The zero-order valence-corrected chi connectivity index (χ0v) is 10.4. The van der Waals surface area contributed by atoms with Gasteiger partial charge in [0.05, 0.1) is 0 Å². The Morgan fingerprint density at radius 1 is 1.18 bits per heavy atom. The molecular weight excluding hydrogens is 233 g/mol. The number of halogens is 1. The van der Waals surface area contributed by atoms with Gasteiger partial charge in [-0.25, -0.2) is 4.39 Å². The summed E-state index contributed by atoms with van der Waals surface area (Å²) in [4.78, 5) is 0.999. The van der Waals surface area contributed by atoms with Crippen molar-refractivity contribution in [3.8, 4) is 0 Å². The summed E-state index contributed by atoms with van der Waals surface area (Å²) in [7, 11) is 0. The summed E-state index contributed by atoms with van der Waals surface area (Å²) in [5, 5.41) is 0. The summed E-state index contributed by atoms with van der Waals surface area (Å²) in [6.07, 6.45) is 0. The Labute approximate surface area is 105 Å². The van der Waals surface area contributed by atoms with E-state index in [1.54, 1.807) is 23.9 Å². The average molecular weight is 247 g/mol. The van der Waals surface area contributed by atoms with Gasteiger partial charge in [-0.2, -0.15) is 0 Å². The van der Waals surface area contributed by atoms with Crippen LogP contribution in [0.3, 0.4) is 0 Å². The van der Waals surface area contributed by atoms with Gasteiger partial charge < -0.3 is 5.73 Å². The summed E-state index contributed by atoms with van der Waals surface area (Å²) in [6, 6.07) is 12.8. The topological polar surface area (TPSA) is 26.0 Å².